The summed E-state index contributed by atoms with van der Waals surface area (Å²) in [7, 11) is 1.95. The third kappa shape index (κ3) is 2.66. The average molecular weight is 230 g/mol. The van der Waals surface area contributed by atoms with Crippen LogP contribution in [0.5, 0.6) is 0 Å². The van der Waals surface area contributed by atoms with Gasteiger partial charge in [-0.15, -0.1) is 11.6 Å². The summed E-state index contributed by atoms with van der Waals surface area (Å²) in [6.45, 7) is 0.915. The third-order valence-corrected chi connectivity index (χ3v) is 4.15. The molecule has 0 unspecified atom stereocenters. The van der Waals surface area contributed by atoms with Crippen molar-refractivity contribution in [2.24, 2.45) is 11.8 Å². The minimum Gasteiger partial charge on any atom is -0.345 e. The molecule has 0 spiro atoms. The highest BCUT2D eigenvalue weighted by atomic mass is 35.5. The summed E-state index contributed by atoms with van der Waals surface area (Å²) in [5.74, 6) is 1.34. The number of halogens is 1. The Kier molecular flexibility index (Phi) is 3.55. The largest absolute Gasteiger partial charge is 0.345 e. The van der Waals surface area contributed by atoms with Crippen LogP contribution in [0.3, 0.4) is 0 Å². The lowest BCUT2D eigenvalue weighted by Crippen LogP contribution is -2.40. The number of rotatable bonds is 3. The highest BCUT2D eigenvalue weighted by Crippen LogP contribution is 2.33. The first kappa shape index (κ1) is 11.3. The summed E-state index contributed by atoms with van der Waals surface area (Å²) >= 11 is 5.93. The summed E-state index contributed by atoms with van der Waals surface area (Å²) in [5.41, 5.74) is 0. The van der Waals surface area contributed by atoms with Gasteiger partial charge in [0, 0.05) is 24.9 Å². The van der Waals surface area contributed by atoms with E-state index in [1.807, 2.05) is 11.9 Å². The van der Waals surface area contributed by atoms with Crippen molar-refractivity contribution in [1.29, 1.82) is 0 Å². The van der Waals surface area contributed by atoms with E-state index >= 15 is 0 Å². The Morgan fingerprint density at radius 1 is 1.33 bits per heavy atom. The molecule has 3 heteroatoms. The Morgan fingerprint density at radius 3 is 2.47 bits per heavy atom. The van der Waals surface area contributed by atoms with Gasteiger partial charge in [0.05, 0.1) is 0 Å². The number of alkyl halides is 1. The van der Waals surface area contributed by atoms with Gasteiger partial charge in [-0.25, -0.2) is 0 Å². The van der Waals surface area contributed by atoms with Crippen molar-refractivity contribution >= 4 is 17.5 Å². The van der Waals surface area contributed by atoms with Gasteiger partial charge in [-0.05, 0) is 31.6 Å². The molecule has 2 aliphatic carbocycles. The van der Waals surface area contributed by atoms with Gasteiger partial charge in [-0.1, -0.05) is 12.8 Å². The predicted molar refractivity (Wildman–Crippen MR) is 62.0 cm³/mol. The minimum atomic E-state index is 0.321. The van der Waals surface area contributed by atoms with E-state index < -0.39 is 0 Å². The first-order valence-corrected chi connectivity index (χ1v) is 6.49. The van der Waals surface area contributed by atoms with Crippen molar-refractivity contribution in [3.05, 3.63) is 0 Å². The molecule has 2 saturated carbocycles. The van der Waals surface area contributed by atoms with Crippen LogP contribution in [0.4, 0.5) is 0 Å². The van der Waals surface area contributed by atoms with Gasteiger partial charge >= 0.3 is 0 Å². The van der Waals surface area contributed by atoms with E-state index in [0.717, 1.165) is 32.2 Å². The van der Waals surface area contributed by atoms with E-state index in [2.05, 4.69) is 0 Å². The SMILES string of the molecule is CN(CC1CC(Cl)C1)C(=O)C1CCCC1. The fraction of sp³-hybridized carbons (Fsp3) is 0.917. The first-order valence-electron chi connectivity index (χ1n) is 6.06. The normalized spacial score (nSPS) is 31.3. The summed E-state index contributed by atoms with van der Waals surface area (Å²) < 4.78 is 0. The van der Waals surface area contributed by atoms with Gasteiger partial charge < -0.3 is 4.90 Å². The molecule has 15 heavy (non-hydrogen) atoms. The fourth-order valence-electron chi connectivity index (χ4n) is 2.77. The van der Waals surface area contributed by atoms with E-state index in [-0.39, 0.29) is 0 Å². The van der Waals surface area contributed by atoms with Gasteiger partial charge in [-0.2, -0.15) is 0 Å². The van der Waals surface area contributed by atoms with Crippen LogP contribution in [0.1, 0.15) is 38.5 Å². The molecule has 86 valence electrons. The lowest BCUT2D eigenvalue weighted by Gasteiger charge is -2.34. The molecule has 2 rings (SSSR count). The molecule has 0 saturated heterocycles. The van der Waals surface area contributed by atoms with E-state index in [1.54, 1.807) is 0 Å². The molecular formula is C12H20ClNO. The molecule has 0 aromatic heterocycles. The van der Waals surface area contributed by atoms with Gasteiger partial charge in [0.25, 0.3) is 0 Å². The molecule has 2 fully saturated rings. The lowest BCUT2D eigenvalue weighted by molar-refractivity contribution is -0.134. The smallest absolute Gasteiger partial charge is 0.225 e. The summed E-state index contributed by atoms with van der Waals surface area (Å²) in [6.07, 6.45) is 6.85. The van der Waals surface area contributed by atoms with Crippen LogP contribution in [0.25, 0.3) is 0 Å². The van der Waals surface area contributed by atoms with Crippen molar-refractivity contribution in [3.8, 4) is 0 Å². The molecule has 0 heterocycles. The van der Waals surface area contributed by atoms with Crippen LogP contribution in [0.15, 0.2) is 0 Å². The molecule has 0 atom stereocenters. The number of carbonyl (C=O) groups is 1. The summed E-state index contributed by atoms with van der Waals surface area (Å²) in [6, 6.07) is 0. The van der Waals surface area contributed by atoms with Crippen molar-refractivity contribution in [3.63, 3.8) is 0 Å². The van der Waals surface area contributed by atoms with Crippen LogP contribution in [0, 0.1) is 11.8 Å². The van der Waals surface area contributed by atoms with Crippen molar-refractivity contribution in [1.82, 2.24) is 4.90 Å². The van der Waals surface area contributed by atoms with E-state index in [0.29, 0.717) is 23.1 Å². The Labute approximate surface area is 97.0 Å². The fourth-order valence-corrected chi connectivity index (χ4v) is 3.27. The van der Waals surface area contributed by atoms with Crippen molar-refractivity contribution in [2.75, 3.05) is 13.6 Å². The molecule has 0 aromatic carbocycles. The molecule has 0 aliphatic heterocycles. The number of hydrogen-bond donors (Lipinski definition) is 0. The molecule has 0 aromatic rings. The second-order valence-corrected chi connectivity index (χ2v) is 5.75. The van der Waals surface area contributed by atoms with E-state index in [1.165, 1.54) is 12.8 Å². The highest BCUT2D eigenvalue weighted by molar-refractivity contribution is 6.21. The quantitative estimate of drug-likeness (QED) is 0.682. The van der Waals surface area contributed by atoms with Gasteiger partial charge in [0.2, 0.25) is 5.91 Å². The zero-order valence-corrected chi connectivity index (χ0v) is 10.2. The Balaban J connectivity index is 1.74. The Hall–Kier alpha value is -0.240. The van der Waals surface area contributed by atoms with Crippen LogP contribution in [0.2, 0.25) is 0 Å². The number of nitrogens with zero attached hydrogens (tertiary/aromatic N) is 1. The molecule has 0 N–H and O–H groups in total. The molecule has 0 radical (unpaired) electrons. The van der Waals surface area contributed by atoms with Gasteiger partial charge in [0.1, 0.15) is 0 Å². The van der Waals surface area contributed by atoms with Crippen LogP contribution < -0.4 is 0 Å². The maximum Gasteiger partial charge on any atom is 0.225 e. The minimum absolute atomic E-state index is 0.321. The standard InChI is InChI=1S/C12H20ClNO/c1-14(8-9-6-11(13)7-9)12(15)10-4-2-3-5-10/h9-11H,2-8H2,1H3. The van der Waals surface area contributed by atoms with Gasteiger partial charge in [-0.3, -0.25) is 4.79 Å². The van der Waals surface area contributed by atoms with Gasteiger partial charge in [0.15, 0.2) is 0 Å². The maximum absolute atomic E-state index is 12.0. The molecule has 2 aliphatic rings. The monoisotopic (exact) mass is 229 g/mol. The third-order valence-electron chi connectivity index (χ3n) is 3.79. The summed E-state index contributed by atoms with van der Waals surface area (Å²) in [5, 5.41) is 0.366. The summed E-state index contributed by atoms with van der Waals surface area (Å²) in [4.78, 5) is 13.9. The second-order valence-electron chi connectivity index (χ2n) is 5.13. The number of hydrogen-bond acceptors (Lipinski definition) is 1. The zero-order valence-electron chi connectivity index (χ0n) is 9.42. The molecular weight excluding hydrogens is 210 g/mol. The molecule has 0 bridgehead atoms. The maximum atomic E-state index is 12.0. The van der Waals surface area contributed by atoms with E-state index in [4.69, 9.17) is 11.6 Å². The van der Waals surface area contributed by atoms with Crippen LogP contribution >= 0.6 is 11.6 Å². The van der Waals surface area contributed by atoms with E-state index in [9.17, 15) is 4.79 Å². The topological polar surface area (TPSA) is 20.3 Å². The van der Waals surface area contributed by atoms with Crippen LogP contribution in [-0.2, 0) is 4.79 Å². The molecule has 2 nitrogen and oxygen atoms in total. The number of amides is 1. The Bertz CT molecular complexity index is 232. The average Bonchev–Trinajstić information content (AvgIpc) is 2.66. The highest BCUT2D eigenvalue weighted by Gasteiger charge is 2.31. The van der Waals surface area contributed by atoms with Crippen molar-refractivity contribution < 1.29 is 4.79 Å². The predicted octanol–water partition coefficient (Wildman–Crippen LogP) is 2.65. The lowest BCUT2D eigenvalue weighted by atomic mass is 9.84. The second kappa shape index (κ2) is 4.73. The molecule has 1 amide bonds. The number of carbonyl (C=O) groups excluding carboxylic acids is 1. The first-order chi connectivity index (χ1) is 7.16. The Morgan fingerprint density at radius 2 is 1.93 bits per heavy atom. The van der Waals surface area contributed by atoms with Crippen LogP contribution in [-0.4, -0.2) is 29.8 Å². The van der Waals surface area contributed by atoms with Crippen molar-refractivity contribution in [2.45, 2.75) is 43.9 Å². The zero-order chi connectivity index (χ0) is 10.8.